The molecule has 0 radical (unpaired) electrons. The zero-order valence-electron chi connectivity index (χ0n) is 14.6. The van der Waals surface area contributed by atoms with Crippen LogP contribution in [0.3, 0.4) is 0 Å². The molecule has 2 saturated carbocycles. The van der Waals surface area contributed by atoms with Gasteiger partial charge in [-0.05, 0) is 37.5 Å². The first-order chi connectivity index (χ1) is 11.5. The number of ether oxygens (including phenoxy) is 1. The van der Waals surface area contributed by atoms with Crippen molar-refractivity contribution in [1.29, 1.82) is 0 Å². The molecule has 2 fully saturated rings. The van der Waals surface area contributed by atoms with Gasteiger partial charge in [-0.25, -0.2) is 0 Å². The normalized spacial score (nSPS) is 30.6. The Hall–Kier alpha value is -1.39. The third-order valence-electron chi connectivity index (χ3n) is 5.95. The molecule has 2 N–H and O–H groups in total. The Morgan fingerprint density at radius 1 is 1.46 bits per heavy atom. The van der Waals surface area contributed by atoms with Crippen LogP contribution in [0.1, 0.15) is 38.5 Å². The Labute approximate surface area is 144 Å². The molecule has 1 unspecified atom stereocenters. The first-order valence-electron chi connectivity index (χ1n) is 8.86. The third kappa shape index (κ3) is 3.35. The van der Waals surface area contributed by atoms with Crippen LogP contribution in [-0.4, -0.2) is 36.0 Å². The van der Waals surface area contributed by atoms with Crippen molar-refractivity contribution in [2.24, 2.45) is 23.2 Å². The molecule has 4 heteroatoms. The topological polar surface area (TPSA) is 66.8 Å². The van der Waals surface area contributed by atoms with E-state index in [1.165, 1.54) is 7.11 Å². The molecule has 134 valence electrons. The summed E-state index contributed by atoms with van der Waals surface area (Å²) in [6, 6.07) is 0. The predicted octanol–water partition coefficient (Wildman–Crippen LogP) is 3.01. The maximum Gasteiger partial charge on any atom is 0.312 e. The van der Waals surface area contributed by atoms with Crippen molar-refractivity contribution in [2.45, 2.75) is 44.6 Å². The van der Waals surface area contributed by atoms with Crippen LogP contribution in [0.15, 0.2) is 37.0 Å². The van der Waals surface area contributed by atoms with E-state index in [0.29, 0.717) is 12.8 Å². The molecule has 0 amide bonds. The van der Waals surface area contributed by atoms with Gasteiger partial charge in [-0.3, -0.25) is 4.79 Å². The molecule has 0 aromatic heterocycles. The molecule has 0 spiro atoms. The van der Waals surface area contributed by atoms with Crippen LogP contribution in [0.5, 0.6) is 0 Å². The van der Waals surface area contributed by atoms with Gasteiger partial charge in [0, 0.05) is 12.5 Å². The number of hydrogen-bond acceptors (Lipinski definition) is 4. The summed E-state index contributed by atoms with van der Waals surface area (Å²) in [4.78, 5) is 12.7. The molecular formula is C20H30O4. The molecule has 0 heterocycles. The molecular weight excluding hydrogens is 304 g/mol. The van der Waals surface area contributed by atoms with Gasteiger partial charge in [0.05, 0.1) is 18.6 Å². The van der Waals surface area contributed by atoms with Crippen LogP contribution < -0.4 is 0 Å². The highest BCUT2D eigenvalue weighted by atomic mass is 16.5. The Kier molecular flexibility index (Phi) is 6.41. The highest BCUT2D eigenvalue weighted by molar-refractivity contribution is 5.77. The average molecular weight is 334 g/mol. The first kappa shape index (κ1) is 18.9. The molecule has 24 heavy (non-hydrogen) atoms. The van der Waals surface area contributed by atoms with Crippen LogP contribution in [0.4, 0.5) is 0 Å². The SMILES string of the molecule is C=C/C=C/[C@@H]1C(=C)CC(C2(C(=O)OC)CCCC2)[C@H]1[C@@H](O)CCO. The Morgan fingerprint density at radius 3 is 2.67 bits per heavy atom. The summed E-state index contributed by atoms with van der Waals surface area (Å²) in [5, 5.41) is 20.0. The van der Waals surface area contributed by atoms with Crippen LogP contribution in [-0.2, 0) is 9.53 Å². The van der Waals surface area contributed by atoms with Gasteiger partial charge in [0.1, 0.15) is 0 Å². The van der Waals surface area contributed by atoms with Gasteiger partial charge in [0.25, 0.3) is 0 Å². The zero-order chi connectivity index (χ0) is 17.7. The summed E-state index contributed by atoms with van der Waals surface area (Å²) in [5.41, 5.74) is 0.505. The summed E-state index contributed by atoms with van der Waals surface area (Å²) in [7, 11) is 1.44. The highest BCUT2D eigenvalue weighted by Crippen LogP contribution is 2.57. The number of aliphatic hydroxyl groups is 2. The van der Waals surface area contributed by atoms with Gasteiger partial charge >= 0.3 is 5.97 Å². The number of allylic oxidation sites excluding steroid dienone is 4. The largest absolute Gasteiger partial charge is 0.469 e. The van der Waals surface area contributed by atoms with E-state index in [-0.39, 0.29) is 30.3 Å². The van der Waals surface area contributed by atoms with Crippen LogP contribution in [0, 0.1) is 23.2 Å². The number of esters is 1. The van der Waals surface area contributed by atoms with E-state index in [9.17, 15) is 15.0 Å². The summed E-state index contributed by atoms with van der Waals surface area (Å²) in [5.74, 6) is -0.289. The predicted molar refractivity (Wildman–Crippen MR) is 94.2 cm³/mol. The molecule has 0 bridgehead atoms. The second-order valence-corrected chi connectivity index (χ2v) is 7.13. The van der Waals surface area contributed by atoms with E-state index in [2.05, 4.69) is 13.2 Å². The second-order valence-electron chi connectivity index (χ2n) is 7.13. The van der Waals surface area contributed by atoms with E-state index in [1.807, 2.05) is 12.2 Å². The molecule has 2 aliphatic rings. The van der Waals surface area contributed by atoms with Crippen molar-refractivity contribution in [3.8, 4) is 0 Å². The van der Waals surface area contributed by atoms with E-state index < -0.39 is 11.5 Å². The van der Waals surface area contributed by atoms with Gasteiger partial charge in [0.2, 0.25) is 0 Å². The molecule has 0 aliphatic heterocycles. The standard InChI is InChI=1S/C20H30O4/c1-4-5-8-15-14(2)13-16(18(15)17(22)9-12-21)20(19(23)24-3)10-6-7-11-20/h4-5,8,15-18,21-22H,1-2,6-7,9-13H2,3H3/b8-5+/t15-,16?,17+,18+/m1/s1. The van der Waals surface area contributed by atoms with Crippen molar-refractivity contribution in [2.75, 3.05) is 13.7 Å². The van der Waals surface area contributed by atoms with Gasteiger partial charge < -0.3 is 14.9 Å². The zero-order valence-corrected chi connectivity index (χ0v) is 14.6. The minimum Gasteiger partial charge on any atom is -0.469 e. The van der Waals surface area contributed by atoms with Crippen LogP contribution in [0.2, 0.25) is 0 Å². The fourth-order valence-electron chi connectivity index (χ4n) is 4.87. The third-order valence-corrected chi connectivity index (χ3v) is 5.95. The van der Waals surface area contributed by atoms with Gasteiger partial charge in [-0.1, -0.05) is 49.8 Å². The lowest BCUT2D eigenvalue weighted by Crippen LogP contribution is -2.43. The summed E-state index contributed by atoms with van der Waals surface area (Å²) in [6.45, 7) is 7.85. The Bertz CT molecular complexity index is 502. The lowest BCUT2D eigenvalue weighted by molar-refractivity contribution is -0.158. The molecule has 0 aromatic carbocycles. The van der Waals surface area contributed by atoms with Crippen molar-refractivity contribution in [1.82, 2.24) is 0 Å². The van der Waals surface area contributed by atoms with Crippen molar-refractivity contribution >= 4 is 5.97 Å². The Morgan fingerprint density at radius 2 is 2.12 bits per heavy atom. The molecule has 4 atom stereocenters. The van der Waals surface area contributed by atoms with Gasteiger partial charge in [-0.2, -0.15) is 0 Å². The molecule has 0 aromatic rings. The van der Waals surface area contributed by atoms with Crippen LogP contribution >= 0.6 is 0 Å². The first-order valence-corrected chi connectivity index (χ1v) is 8.86. The number of rotatable bonds is 7. The Balaban J connectivity index is 2.41. The van der Waals surface area contributed by atoms with E-state index >= 15 is 0 Å². The molecule has 2 rings (SSSR count). The van der Waals surface area contributed by atoms with E-state index in [0.717, 1.165) is 31.3 Å². The van der Waals surface area contributed by atoms with Crippen molar-refractivity contribution in [3.63, 3.8) is 0 Å². The van der Waals surface area contributed by atoms with E-state index in [1.54, 1.807) is 6.08 Å². The summed E-state index contributed by atoms with van der Waals surface area (Å²) >= 11 is 0. The number of aliphatic hydroxyl groups excluding tert-OH is 2. The maximum atomic E-state index is 12.7. The van der Waals surface area contributed by atoms with E-state index in [4.69, 9.17) is 4.74 Å². The summed E-state index contributed by atoms with van der Waals surface area (Å²) in [6.07, 6.45) is 9.58. The van der Waals surface area contributed by atoms with Gasteiger partial charge in [0.15, 0.2) is 0 Å². The van der Waals surface area contributed by atoms with Gasteiger partial charge in [-0.15, -0.1) is 0 Å². The smallest absolute Gasteiger partial charge is 0.312 e. The number of hydrogen-bond donors (Lipinski definition) is 2. The second kappa shape index (κ2) is 8.13. The van der Waals surface area contributed by atoms with Crippen molar-refractivity contribution in [3.05, 3.63) is 37.0 Å². The average Bonchev–Trinajstić information content (AvgIpc) is 3.18. The van der Waals surface area contributed by atoms with Crippen LogP contribution in [0.25, 0.3) is 0 Å². The minimum atomic E-state index is -0.666. The highest BCUT2D eigenvalue weighted by Gasteiger charge is 2.56. The summed E-state index contributed by atoms with van der Waals surface area (Å²) < 4.78 is 5.16. The fourth-order valence-corrected chi connectivity index (χ4v) is 4.87. The lowest BCUT2D eigenvalue weighted by atomic mass is 9.66. The monoisotopic (exact) mass is 334 g/mol. The number of methoxy groups -OCH3 is 1. The maximum absolute atomic E-state index is 12.7. The number of carbonyl (C=O) groups excluding carboxylic acids is 1. The molecule has 0 saturated heterocycles. The fraction of sp³-hybridized carbons (Fsp3) is 0.650. The lowest BCUT2D eigenvalue weighted by Gasteiger charge is -2.39. The molecule has 2 aliphatic carbocycles. The minimum absolute atomic E-state index is 0.000894. The quantitative estimate of drug-likeness (QED) is 0.427. The van der Waals surface area contributed by atoms with Crippen molar-refractivity contribution < 1.29 is 19.7 Å². The molecule has 4 nitrogen and oxygen atoms in total. The number of carbonyl (C=O) groups is 1.